The minimum Gasteiger partial charge on any atom is -0.458 e. The van der Waals surface area contributed by atoms with Gasteiger partial charge in [0.2, 0.25) is 11.8 Å². The summed E-state index contributed by atoms with van der Waals surface area (Å²) in [6.45, 7) is 15.6. The Kier molecular flexibility index (Phi) is 13.2. The van der Waals surface area contributed by atoms with Crippen molar-refractivity contribution in [1.29, 1.82) is 0 Å². The van der Waals surface area contributed by atoms with Gasteiger partial charge in [-0.2, -0.15) is 0 Å². The van der Waals surface area contributed by atoms with Gasteiger partial charge in [-0.3, -0.25) is 9.59 Å². The summed E-state index contributed by atoms with van der Waals surface area (Å²) in [4.78, 5) is 33.6. The first-order valence-electron chi connectivity index (χ1n) is 8.72. The lowest BCUT2D eigenvalue weighted by atomic mass is 10.0. The normalized spacial score (nSPS) is 18.6. The molecule has 6 nitrogen and oxygen atoms in total. The molecule has 6 heteroatoms. The van der Waals surface area contributed by atoms with Crippen molar-refractivity contribution in [2.75, 3.05) is 19.7 Å². The first-order valence-corrected chi connectivity index (χ1v) is 8.72. The fourth-order valence-corrected chi connectivity index (χ4v) is 2.25. The molecule has 0 aromatic heterocycles. The number of nitrogens with zero attached hydrogens (tertiary/aromatic N) is 1. The number of likely N-dealkylation sites (tertiary alicyclic amines) is 1. The molecular formula is C20H30N2O4. The Balaban J connectivity index is 0.000000365. The third-order valence-corrected chi connectivity index (χ3v) is 3.70. The fraction of sp³-hybridized carbons (Fsp3) is 0.450. The first kappa shape index (κ1) is 23.4. The SMILES string of the molecule is C=CC1CCCCNC1=O.C=CCOC(=O)C=C.C=CN1CCCC1=O. The zero-order valence-electron chi connectivity index (χ0n) is 15.5. The zero-order chi connectivity index (χ0) is 19.8. The lowest BCUT2D eigenvalue weighted by molar-refractivity contribution is -0.136. The molecule has 2 aliphatic heterocycles. The van der Waals surface area contributed by atoms with Crippen LogP contribution < -0.4 is 5.32 Å². The number of rotatable bonds is 5. The average molecular weight is 362 g/mol. The molecule has 0 spiro atoms. The van der Waals surface area contributed by atoms with Gasteiger partial charge in [0.15, 0.2) is 0 Å². The maximum atomic E-state index is 11.1. The summed E-state index contributed by atoms with van der Waals surface area (Å²) in [5, 5.41) is 2.84. The Morgan fingerprint density at radius 2 is 1.92 bits per heavy atom. The number of carbonyl (C=O) groups excluding carboxylic acids is 3. The molecule has 0 bridgehead atoms. The van der Waals surface area contributed by atoms with Crippen LogP contribution in [0.15, 0.2) is 50.7 Å². The second kappa shape index (κ2) is 14.7. The second-order valence-corrected chi connectivity index (χ2v) is 5.63. The van der Waals surface area contributed by atoms with E-state index >= 15 is 0 Å². The Bertz CT molecular complexity index is 514. The van der Waals surface area contributed by atoms with E-state index in [2.05, 4.69) is 36.4 Å². The molecule has 0 aromatic carbocycles. The van der Waals surface area contributed by atoms with Crippen LogP contribution in [0, 0.1) is 5.92 Å². The number of ether oxygens (including phenoxy) is 1. The molecule has 2 saturated heterocycles. The van der Waals surface area contributed by atoms with Gasteiger partial charge in [0.05, 0.1) is 5.92 Å². The molecule has 1 unspecified atom stereocenters. The van der Waals surface area contributed by atoms with E-state index in [-0.39, 0.29) is 24.3 Å². The third kappa shape index (κ3) is 10.3. The van der Waals surface area contributed by atoms with Gasteiger partial charge >= 0.3 is 5.97 Å². The van der Waals surface area contributed by atoms with Crippen molar-refractivity contribution in [2.45, 2.75) is 32.1 Å². The Labute approximate surface area is 156 Å². The minimum atomic E-state index is -0.412. The number of esters is 1. The van der Waals surface area contributed by atoms with Gasteiger partial charge in [-0.1, -0.05) is 38.3 Å². The molecule has 0 saturated carbocycles. The van der Waals surface area contributed by atoms with Crippen LogP contribution in [0.4, 0.5) is 0 Å². The molecule has 0 aromatic rings. The summed E-state index contributed by atoms with van der Waals surface area (Å²) in [6.07, 6.45) is 10.8. The summed E-state index contributed by atoms with van der Waals surface area (Å²) < 4.78 is 4.47. The monoisotopic (exact) mass is 362 g/mol. The van der Waals surface area contributed by atoms with Crippen LogP contribution in [-0.4, -0.2) is 42.4 Å². The quantitative estimate of drug-likeness (QED) is 0.463. The molecule has 1 atom stereocenters. The molecule has 0 aliphatic carbocycles. The fourth-order valence-electron chi connectivity index (χ4n) is 2.25. The predicted octanol–water partition coefficient (Wildman–Crippen LogP) is 2.74. The van der Waals surface area contributed by atoms with Gasteiger partial charge in [0.1, 0.15) is 6.61 Å². The van der Waals surface area contributed by atoms with Gasteiger partial charge in [0.25, 0.3) is 0 Å². The molecule has 0 radical (unpaired) electrons. The summed E-state index contributed by atoms with van der Waals surface area (Å²) in [5.41, 5.74) is 0. The van der Waals surface area contributed by atoms with Crippen molar-refractivity contribution in [1.82, 2.24) is 10.2 Å². The molecular weight excluding hydrogens is 332 g/mol. The van der Waals surface area contributed by atoms with E-state index in [4.69, 9.17) is 0 Å². The van der Waals surface area contributed by atoms with E-state index < -0.39 is 5.97 Å². The molecule has 1 N–H and O–H groups in total. The number of hydrogen-bond acceptors (Lipinski definition) is 4. The standard InChI is InChI=1S/C8H13NO.C6H9NO.C6H8O2/c1-2-7-5-3-4-6-9-8(7)10;1-2-7-5-3-4-6(7)8;1-3-5-8-6(7)4-2/h2,7H,1,3-6H2,(H,9,10);2H,1,3-5H2;3-4H,1-2,5H2. The minimum absolute atomic E-state index is 0.0579. The van der Waals surface area contributed by atoms with E-state index in [0.29, 0.717) is 6.42 Å². The molecule has 2 heterocycles. The van der Waals surface area contributed by atoms with Crippen LogP contribution in [-0.2, 0) is 19.1 Å². The van der Waals surface area contributed by atoms with Crippen LogP contribution >= 0.6 is 0 Å². The van der Waals surface area contributed by atoms with E-state index in [1.165, 1.54) is 6.08 Å². The van der Waals surface area contributed by atoms with Crippen molar-refractivity contribution >= 4 is 17.8 Å². The number of carbonyl (C=O) groups is 3. The van der Waals surface area contributed by atoms with Gasteiger partial charge in [-0.15, -0.1) is 6.58 Å². The second-order valence-electron chi connectivity index (χ2n) is 5.63. The summed E-state index contributed by atoms with van der Waals surface area (Å²) in [5.74, 6) is -0.0000926. The number of amides is 2. The highest BCUT2D eigenvalue weighted by Gasteiger charge is 2.16. The predicted molar refractivity (Wildman–Crippen MR) is 103 cm³/mol. The maximum absolute atomic E-state index is 11.1. The summed E-state index contributed by atoms with van der Waals surface area (Å²) >= 11 is 0. The van der Waals surface area contributed by atoms with Crippen molar-refractivity contribution in [2.24, 2.45) is 5.92 Å². The first-order chi connectivity index (χ1) is 12.5. The van der Waals surface area contributed by atoms with Gasteiger partial charge in [0, 0.05) is 25.6 Å². The van der Waals surface area contributed by atoms with Crippen molar-refractivity contribution in [3.05, 3.63) is 50.7 Å². The Morgan fingerprint density at radius 1 is 1.19 bits per heavy atom. The summed E-state index contributed by atoms with van der Waals surface area (Å²) in [7, 11) is 0. The lowest BCUT2D eigenvalue weighted by Gasteiger charge is -2.05. The molecule has 26 heavy (non-hydrogen) atoms. The highest BCUT2D eigenvalue weighted by atomic mass is 16.5. The Hall–Kier alpha value is -2.63. The maximum Gasteiger partial charge on any atom is 0.330 e. The van der Waals surface area contributed by atoms with Gasteiger partial charge < -0.3 is 15.0 Å². The molecule has 144 valence electrons. The van der Waals surface area contributed by atoms with Crippen molar-refractivity contribution in [3.8, 4) is 0 Å². The summed E-state index contributed by atoms with van der Waals surface area (Å²) in [6, 6.07) is 0. The topological polar surface area (TPSA) is 75.7 Å². The van der Waals surface area contributed by atoms with E-state index in [1.807, 2.05) is 0 Å². The van der Waals surface area contributed by atoms with Crippen LogP contribution in [0.1, 0.15) is 32.1 Å². The van der Waals surface area contributed by atoms with E-state index in [9.17, 15) is 14.4 Å². The van der Waals surface area contributed by atoms with Crippen LogP contribution in [0.5, 0.6) is 0 Å². The molecule has 2 aliphatic rings. The third-order valence-electron chi connectivity index (χ3n) is 3.70. The van der Waals surface area contributed by atoms with Crippen LogP contribution in [0.3, 0.4) is 0 Å². The van der Waals surface area contributed by atoms with Gasteiger partial charge in [-0.05, 0) is 25.5 Å². The molecule has 2 fully saturated rings. The largest absolute Gasteiger partial charge is 0.458 e. The van der Waals surface area contributed by atoms with Gasteiger partial charge in [-0.25, -0.2) is 4.79 Å². The number of hydrogen-bond donors (Lipinski definition) is 1. The van der Waals surface area contributed by atoms with E-state index in [1.54, 1.807) is 17.2 Å². The van der Waals surface area contributed by atoms with Crippen LogP contribution in [0.25, 0.3) is 0 Å². The highest BCUT2D eigenvalue weighted by molar-refractivity contribution is 5.81. The lowest BCUT2D eigenvalue weighted by Crippen LogP contribution is -2.27. The average Bonchev–Trinajstić information content (AvgIpc) is 2.96. The van der Waals surface area contributed by atoms with Crippen molar-refractivity contribution in [3.63, 3.8) is 0 Å². The smallest absolute Gasteiger partial charge is 0.330 e. The number of nitrogens with one attached hydrogen (secondary N) is 1. The van der Waals surface area contributed by atoms with Crippen LogP contribution in [0.2, 0.25) is 0 Å². The highest BCUT2D eigenvalue weighted by Crippen LogP contribution is 2.12. The molecule has 2 rings (SSSR count). The molecule has 2 amide bonds. The van der Waals surface area contributed by atoms with Crippen molar-refractivity contribution < 1.29 is 19.1 Å². The Morgan fingerprint density at radius 3 is 2.38 bits per heavy atom. The zero-order valence-corrected chi connectivity index (χ0v) is 15.5. The van der Waals surface area contributed by atoms with E-state index in [0.717, 1.165) is 44.8 Å².